The Morgan fingerprint density at radius 3 is 2.45 bits per heavy atom. The maximum atomic E-state index is 14.5. The second-order valence-electron chi connectivity index (χ2n) is 9.67. The number of halogens is 5. The number of carbonyl (C=O) groups excluding carboxylic acids is 3. The first-order chi connectivity index (χ1) is 19.5. The molecule has 2 aromatic carbocycles. The summed E-state index contributed by atoms with van der Waals surface area (Å²) in [6.45, 7) is 0. The minimum atomic E-state index is -2.97. The van der Waals surface area contributed by atoms with Gasteiger partial charge in [-0.15, -0.1) is 0 Å². The molecule has 0 spiro atoms. The molecule has 1 aromatic heterocycles. The lowest BCUT2D eigenvalue weighted by Gasteiger charge is -2.39. The van der Waals surface area contributed by atoms with Crippen molar-refractivity contribution in [1.29, 1.82) is 5.26 Å². The third kappa shape index (κ3) is 5.94. The van der Waals surface area contributed by atoms with E-state index in [0.29, 0.717) is 6.07 Å². The Morgan fingerprint density at radius 2 is 1.86 bits per heavy atom. The molecule has 220 valence electrons. The first-order valence-corrected chi connectivity index (χ1v) is 12.7. The van der Waals surface area contributed by atoms with Crippen molar-refractivity contribution in [2.75, 3.05) is 9.80 Å². The van der Waals surface area contributed by atoms with Gasteiger partial charge in [-0.2, -0.15) is 5.26 Å². The summed E-state index contributed by atoms with van der Waals surface area (Å²) < 4.78 is 61.3. The maximum absolute atomic E-state index is 14.5. The van der Waals surface area contributed by atoms with E-state index in [4.69, 9.17) is 21.3 Å². The van der Waals surface area contributed by atoms with Gasteiger partial charge in [-0.3, -0.25) is 24.2 Å². The van der Waals surface area contributed by atoms with Gasteiger partial charge < -0.3 is 9.73 Å². The molecule has 42 heavy (non-hydrogen) atoms. The van der Waals surface area contributed by atoms with Crippen LogP contribution in [0.1, 0.15) is 50.5 Å². The Balaban J connectivity index is 0.00000405. The Kier molecular flexibility index (Phi) is 8.58. The van der Waals surface area contributed by atoms with Crippen LogP contribution < -0.4 is 15.1 Å². The quantitative estimate of drug-likeness (QED) is 0.365. The third-order valence-electron chi connectivity index (χ3n) is 6.81. The number of carbonyl (C=O) groups is 3. The number of nitrogens with zero attached hydrogens (tertiary/aromatic N) is 4. The highest BCUT2D eigenvalue weighted by Gasteiger charge is 2.49. The van der Waals surface area contributed by atoms with Crippen LogP contribution in [0.15, 0.2) is 53.1 Å². The number of nitrogens with one attached hydrogen (secondary N) is 1. The molecule has 1 aliphatic heterocycles. The van der Waals surface area contributed by atoms with Gasteiger partial charge in [0.2, 0.25) is 17.6 Å². The van der Waals surface area contributed by atoms with Crippen LogP contribution >= 0.6 is 11.6 Å². The maximum Gasteiger partial charge on any atom is 0.306 e. The van der Waals surface area contributed by atoms with Crippen molar-refractivity contribution in [2.24, 2.45) is 0 Å². The van der Waals surface area contributed by atoms with Crippen molar-refractivity contribution >= 4 is 41.0 Å². The first-order valence-electron chi connectivity index (χ1n) is 12.4. The Hall–Kier alpha value is -4.44. The van der Waals surface area contributed by atoms with Crippen LogP contribution in [0.25, 0.3) is 0 Å². The second-order valence-corrected chi connectivity index (χ2v) is 10.1. The van der Waals surface area contributed by atoms with Crippen LogP contribution in [0.2, 0.25) is 5.02 Å². The van der Waals surface area contributed by atoms with E-state index >= 15 is 0 Å². The number of rotatable bonds is 7. The number of hydrogen-bond acceptors (Lipinski definition) is 6. The van der Waals surface area contributed by atoms with Crippen molar-refractivity contribution in [2.45, 2.75) is 57.2 Å². The minimum absolute atomic E-state index is 0. The van der Waals surface area contributed by atoms with Crippen molar-refractivity contribution in [3.05, 3.63) is 76.6 Å². The van der Waals surface area contributed by atoms with Crippen molar-refractivity contribution in [3.8, 4) is 6.07 Å². The molecule has 9 nitrogen and oxygen atoms in total. The smallest absolute Gasteiger partial charge is 0.306 e. The highest BCUT2D eigenvalue weighted by Crippen LogP contribution is 2.40. The van der Waals surface area contributed by atoms with E-state index < -0.39 is 71.9 Å². The number of anilines is 2. The second kappa shape index (κ2) is 11.8. The molecular formula is C28H24ClF4N5O4. The van der Waals surface area contributed by atoms with E-state index in [1.54, 1.807) is 12.1 Å². The number of nitriles is 1. The van der Waals surface area contributed by atoms with Gasteiger partial charge in [-0.1, -0.05) is 37.2 Å². The molecule has 5 rings (SSSR count). The predicted octanol–water partition coefficient (Wildman–Crippen LogP) is 5.30. The zero-order valence-electron chi connectivity index (χ0n) is 21.0. The molecule has 2 fully saturated rings. The third-order valence-corrected chi connectivity index (χ3v) is 7.16. The summed E-state index contributed by atoms with van der Waals surface area (Å²) in [5.74, 6) is -7.83. The van der Waals surface area contributed by atoms with Gasteiger partial charge in [0.1, 0.15) is 29.8 Å². The number of alkyl halides is 2. The monoisotopic (exact) mass is 605 g/mol. The molecule has 2 atom stereocenters. The molecule has 14 heteroatoms. The van der Waals surface area contributed by atoms with Crippen LogP contribution in [-0.4, -0.2) is 40.7 Å². The number of aromatic nitrogens is 1. The summed E-state index contributed by atoms with van der Waals surface area (Å²) in [7, 11) is 0. The predicted molar refractivity (Wildman–Crippen MR) is 143 cm³/mol. The largest absolute Gasteiger partial charge is 0.412 e. The molecule has 3 amide bonds. The lowest BCUT2D eigenvalue weighted by atomic mass is 9.87. The normalized spacial score (nSPS) is 18.4. The van der Waals surface area contributed by atoms with E-state index in [0.717, 1.165) is 28.1 Å². The average Bonchev–Trinajstić information content (AvgIpc) is 3.51. The van der Waals surface area contributed by atoms with Gasteiger partial charge in [0.25, 0.3) is 11.8 Å². The molecule has 0 unspecified atom stereocenters. The van der Waals surface area contributed by atoms with E-state index in [-0.39, 0.29) is 42.6 Å². The fourth-order valence-electron chi connectivity index (χ4n) is 4.97. The highest BCUT2D eigenvalue weighted by atomic mass is 35.5. The fourth-order valence-corrected chi connectivity index (χ4v) is 5.20. The molecular weight excluding hydrogens is 582 g/mol. The Morgan fingerprint density at radius 1 is 1.19 bits per heavy atom. The van der Waals surface area contributed by atoms with Gasteiger partial charge in [-0.25, -0.2) is 22.5 Å². The first kappa shape index (κ1) is 30.5. The number of benzene rings is 2. The molecule has 1 aliphatic carbocycles. The Bertz CT molecular complexity index is 1550. The summed E-state index contributed by atoms with van der Waals surface area (Å²) in [6.07, 6.45) is -0.454. The average molecular weight is 606 g/mol. The van der Waals surface area contributed by atoms with E-state index in [9.17, 15) is 31.9 Å². The number of oxazole rings is 1. The number of amides is 3. The summed E-state index contributed by atoms with van der Waals surface area (Å²) >= 11 is 6.41. The molecule has 0 bridgehead atoms. The van der Waals surface area contributed by atoms with Crippen LogP contribution in [-0.2, 0) is 14.4 Å². The van der Waals surface area contributed by atoms with Crippen LogP contribution in [0.4, 0.5) is 29.3 Å². The van der Waals surface area contributed by atoms with Crippen LogP contribution in [0.5, 0.6) is 0 Å². The molecule has 0 radical (unpaired) electrons. The van der Waals surface area contributed by atoms with Crippen LogP contribution in [0.3, 0.4) is 0 Å². The van der Waals surface area contributed by atoms with Gasteiger partial charge in [-0.05, 0) is 24.6 Å². The van der Waals surface area contributed by atoms with Gasteiger partial charge in [0, 0.05) is 42.0 Å². The zero-order chi connectivity index (χ0) is 29.5. The van der Waals surface area contributed by atoms with Gasteiger partial charge >= 0.3 is 6.01 Å². The van der Waals surface area contributed by atoms with Crippen molar-refractivity contribution in [1.82, 2.24) is 10.3 Å². The zero-order valence-corrected chi connectivity index (χ0v) is 21.7. The van der Waals surface area contributed by atoms with Gasteiger partial charge in [0.05, 0.1) is 11.9 Å². The minimum Gasteiger partial charge on any atom is -0.412 e. The lowest BCUT2D eigenvalue weighted by molar-refractivity contribution is -0.133. The molecule has 1 saturated carbocycles. The van der Waals surface area contributed by atoms with Crippen molar-refractivity contribution < 1.29 is 36.4 Å². The molecule has 2 heterocycles. The summed E-state index contributed by atoms with van der Waals surface area (Å²) in [6, 6.07) is 5.45. The fraction of sp³-hybridized carbons (Fsp3) is 0.321. The highest BCUT2D eigenvalue weighted by molar-refractivity contribution is 6.31. The topological polar surface area (TPSA) is 120 Å². The summed E-state index contributed by atoms with van der Waals surface area (Å²) in [4.78, 5) is 46.4. The molecule has 1 N–H and O–H groups in total. The van der Waals surface area contributed by atoms with E-state index in [1.165, 1.54) is 18.2 Å². The Labute approximate surface area is 242 Å². The van der Waals surface area contributed by atoms with Gasteiger partial charge in [0.15, 0.2) is 0 Å². The standard InChI is InChI=1S/C27H20ClF4N5O4.CH4/c28-20-4-2-1-3-19(20)23(24(39)35-16-10-27(31,32)11-16)36(17-8-14(29)7-15(30)9-17)25(40)21-5-6-22(38)37(21)26-34-13-18(12-33)41-26;/h1-4,7-9,13,16,21,23H,5-6,10-11H2,(H,35,39);1H4/t21-,23-;/m0./s1. The lowest BCUT2D eigenvalue weighted by Crippen LogP contribution is -2.56. The number of hydrogen-bond donors (Lipinski definition) is 1. The summed E-state index contributed by atoms with van der Waals surface area (Å²) in [5, 5.41) is 11.6. The summed E-state index contributed by atoms with van der Waals surface area (Å²) in [5.41, 5.74) is -0.356. The SMILES string of the molecule is C.N#Cc1cnc(N2C(=O)CC[C@H]2C(=O)N(c2cc(F)cc(F)c2)[C@H](C(=O)NC2CC(F)(F)C2)c2ccccc2Cl)o1. The van der Waals surface area contributed by atoms with E-state index in [1.807, 2.05) is 0 Å². The molecule has 3 aromatic rings. The molecule has 2 aliphatic rings. The van der Waals surface area contributed by atoms with E-state index in [2.05, 4.69) is 10.3 Å². The van der Waals surface area contributed by atoms with Crippen molar-refractivity contribution in [3.63, 3.8) is 0 Å². The van der Waals surface area contributed by atoms with Crippen LogP contribution in [0, 0.1) is 23.0 Å². The molecule has 1 saturated heterocycles.